The van der Waals surface area contributed by atoms with Gasteiger partial charge in [-0.25, -0.2) is 0 Å². The average Bonchev–Trinajstić information content (AvgIpc) is 2.86. The minimum atomic E-state index is 0.942. The van der Waals surface area contributed by atoms with Crippen LogP contribution in [0.4, 0.5) is 0 Å². The van der Waals surface area contributed by atoms with Crippen molar-refractivity contribution >= 4 is 16.3 Å². The molecule has 0 unspecified atom stereocenters. The smallest absolute Gasteiger partial charge is 0.00168 e. The second kappa shape index (κ2) is 8.84. The highest BCUT2D eigenvalue weighted by molar-refractivity contribution is 5.96. The first-order chi connectivity index (χ1) is 12.2. The molecule has 0 amide bonds. The van der Waals surface area contributed by atoms with E-state index in [1.54, 1.807) is 0 Å². The van der Waals surface area contributed by atoms with E-state index in [1.165, 1.54) is 38.6 Å². The van der Waals surface area contributed by atoms with Crippen molar-refractivity contribution in [3.05, 3.63) is 115 Å². The lowest BCUT2D eigenvalue weighted by Gasteiger charge is -2.15. The topological polar surface area (TPSA) is 0 Å². The van der Waals surface area contributed by atoms with Crippen LogP contribution < -0.4 is 0 Å². The van der Waals surface area contributed by atoms with Gasteiger partial charge in [0.15, 0.2) is 0 Å². The van der Waals surface area contributed by atoms with E-state index in [1.807, 2.05) is 6.08 Å². The highest BCUT2D eigenvalue weighted by Crippen LogP contribution is 2.35. The van der Waals surface area contributed by atoms with Crippen LogP contribution in [0.1, 0.15) is 24.5 Å². The summed E-state index contributed by atoms with van der Waals surface area (Å²) >= 11 is 0. The Morgan fingerprint density at radius 1 is 1.04 bits per heavy atom. The Bertz CT molecular complexity index is 885. The third kappa shape index (κ3) is 3.97. The first-order valence-electron chi connectivity index (χ1n) is 8.59. The van der Waals surface area contributed by atoms with Gasteiger partial charge in [-0.1, -0.05) is 79.4 Å². The fourth-order valence-electron chi connectivity index (χ4n) is 3.28. The van der Waals surface area contributed by atoms with Gasteiger partial charge in [0.05, 0.1) is 0 Å². The van der Waals surface area contributed by atoms with Crippen LogP contribution in [-0.2, 0) is 0 Å². The van der Waals surface area contributed by atoms with Crippen LogP contribution >= 0.6 is 0 Å². The first-order valence-corrected chi connectivity index (χ1v) is 8.59. The van der Waals surface area contributed by atoms with Gasteiger partial charge in [-0.15, -0.1) is 13.2 Å². The van der Waals surface area contributed by atoms with Crippen LogP contribution in [0.2, 0.25) is 0 Å². The van der Waals surface area contributed by atoms with Crippen LogP contribution in [0.5, 0.6) is 0 Å². The van der Waals surface area contributed by atoms with Crippen LogP contribution in [0.25, 0.3) is 16.3 Å². The van der Waals surface area contributed by atoms with Crippen LogP contribution in [0.15, 0.2) is 104 Å². The molecule has 3 rings (SSSR count). The first kappa shape index (κ1) is 18.5. The van der Waals surface area contributed by atoms with Gasteiger partial charge in [-0.3, -0.25) is 0 Å². The van der Waals surface area contributed by atoms with Crippen molar-refractivity contribution in [1.82, 2.24) is 0 Å². The molecule has 0 heteroatoms. The zero-order valence-corrected chi connectivity index (χ0v) is 15.3. The van der Waals surface area contributed by atoms with Crippen LogP contribution in [0, 0.1) is 6.92 Å². The Labute approximate surface area is 151 Å². The van der Waals surface area contributed by atoms with Crippen LogP contribution in [0.3, 0.4) is 0 Å². The fourth-order valence-corrected chi connectivity index (χ4v) is 3.28. The third-order valence-electron chi connectivity index (χ3n) is 4.43. The largest absolute Gasteiger partial charge is 0.106 e. The van der Waals surface area contributed by atoms with E-state index in [0.717, 1.165) is 6.42 Å². The third-order valence-corrected chi connectivity index (χ3v) is 4.43. The lowest BCUT2D eigenvalue weighted by Crippen LogP contribution is -1.94. The van der Waals surface area contributed by atoms with E-state index < -0.39 is 0 Å². The van der Waals surface area contributed by atoms with Gasteiger partial charge in [0.1, 0.15) is 0 Å². The van der Waals surface area contributed by atoms with E-state index in [0.29, 0.717) is 0 Å². The zero-order valence-electron chi connectivity index (χ0n) is 15.3. The predicted octanol–water partition coefficient (Wildman–Crippen LogP) is 7.35. The summed E-state index contributed by atoms with van der Waals surface area (Å²) in [6, 6.07) is 13.1. The Kier molecular flexibility index (Phi) is 6.54. The summed E-state index contributed by atoms with van der Waals surface area (Å²) in [5, 5.41) is 2.63. The highest BCUT2D eigenvalue weighted by atomic mass is 14.2. The summed E-state index contributed by atoms with van der Waals surface area (Å²) in [5.74, 6) is 0. The Balaban J connectivity index is 0.00000109. The monoisotopic (exact) mass is 326 g/mol. The molecule has 0 radical (unpaired) electrons. The molecule has 1 aliphatic carbocycles. The Morgan fingerprint density at radius 2 is 1.80 bits per heavy atom. The number of aryl methyl sites for hydroxylation is 1. The summed E-state index contributed by atoms with van der Waals surface area (Å²) in [5.41, 5.74) is 6.65. The maximum absolute atomic E-state index is 3.83. The second-order valence-corrected chi connectivity index (χ2v) is 5.88. The molecule has 0 heterocycles. The molecule has 126 valence electrons. The molecule has 0 spiro atoms. The van der Waals surface area contributed by atoms with Gasteiger partial charge in [-0.05, 0) is 58.9 Å². The molecule has 0 N–H and O–H groups in total. The van der Waals surface area contributed by atoms with Crippen molar-refractivity contribution in [2.75, 3.05) is 0 Å². The van der Waals surface area contributed by atoms with E-state index in [4.69, 9.17) is 0 Å². The van der Waals surface area contributed by atoms with Gasteiger partial charge in [0.25, 0.3) is 0 Å². The summed E-state index contributed by atoms with van der Waals surface area (Å²) in [4.78, 5) is 0. The minimum Gasteiger partial charge on any atom is -0.106 e. The molecule has 0 fully saturated rings. The normalized spacial score (nSPS) is 17.0. The lowest BCUT2D eigenvalue weighted by molar-refractivity contribution is 1.25. The molecular formula is C25H26. The predicted molar refractivity (Wildman–Crippen MR) is 114 cm³/mol. The van der Waals surface area contributed by atoms with Crippen molar-refractivity contribution in [1.29, 1.82) is 0 Å². The van der Waals surface area contributed by atoms with Gasteiger partial charge in [0, 0.05) is 0 Å². The van der Waals surface area contributed by atoms with Crippen LogP contribution in [-0.4, -0.2) is 0 Å². The van der Waals surface area contributed by atoms with E-state index >= 15 is 0 Å². The molecular weight excluding hydrogens is 300 g/mol. The quantitative estimate of drug-likeness (QED) is 0.506. The van der Waals surface area contributed by atoms with Crippen molar-refractivity contribution < 1.29 is 0 Å². The molecule has 0 bridgehead atoms. The second-order valence-electron chi connectivity index (χ2n) is 5.88. The van der Waals surface area contributed by atoms with Crippen molar-refractivity contribution in [3.63, 3.8) is 0 Å². The summed E-state index contributed by atoms with van der Waals surface area (Å²) in [6.07, 6.45) is 13.7. The molecule has 0 saturated heterocycles. The molecule has 0 aromatic heterocycles. The van der Waals surface area contributed by atoms with E-state index in [-0.39, 0.29) is 0 Å². The molecule has 0 atom stereocenters. The number of allylic oxidation sites excluding steroid dienone is 9. The maximum atomic E-state index is 3.83. The van der Waals surface area contributed by atoms with Crippen molar-refractivity contribution in [2.24, 2.45) is 0 Å². The average molecular weight is 326 g/mol. The number of hydrogen-bond donors (Lipinski definition) is 0. The van der Waals surface area contributed by atoms with Crippen molar-refractivity contribution in [2.45, 2.75) is 20.3 Å². The molecule has 2 aromatic rings. The van der Waals surface area contributed by atoms with E-state index in [9.17, 15) is 0 Å². The minimum absolute atomic E-state index is 0.942. The standard InChI is InChI=1S/C23H22.C2H4/c1-4-9-19-11-8-12-21(16-18(19)5-2)23-17(3)14-15-20-10-6-7-13-22(20)23;1-2/h4-15H,1,16H2,2-3H3;1-2H2/b18-5-,19-9-;. The van der Waals surface area contributed by atoms with Gasteiger partial charge < -0.3 is 0 Å². The molecule has 0 aliphatic heterocycles. The number of hydrogen-bond acceptors (Lipinski definition) is 0. The fraction of sp³-hybridized carbons (Fsp3) is 0.120. The summed E-state index contributed by atoms with van der Waals surface area (Å²) in [6.45, 7) is 14.1. The summed E-state index contributed by atoms with van der Waals surface area (Å²) in [7, 11) is 0. The van der Waals surface area contributed by atoms with E-state index in [2.05, 4.69) is 100 Å². The SMILES string of the molecule is C=C.C=C/C=C1/C=CC=C(c2c(C)ccc3ccccc23)C/C1=C/C. The molecule has 25 heavy (non-hydrogen) atoms. The maximum Gasteiger partial charge on any atom is -0.00168 e. The van der Waals surface area contributed by atoms with Gasteiger partial charge >= 0.3 is 0 Å². The molecule has 1 aliphatic rings. The number of fused-ring (bicyclic) bond motifs is 1. The molecule has 2 aromatic carbocycles. The van der Waals surface area contributed by atoms with Gasteiger partial charge in [0.2, 0.25) is 0 Å². The van der Waals surface area contributed by atoms with Gasteiger partial charge in [-0.2, -0.15) is 0 Å². The summed E-state index contributed by atoms with van der Waals surface area (Å²) < 4.78 is 0. The number of rotatable bonds is 2. The zero-order chi connectivity index (χ0) is 18.2. The number of benzene rings is 2. The van der Waals surface area contributed by atoms with Crippen molar-refractivity contribution in [3.8, 4) is 0 Å². The highest BCUT2D eigenvalue weighted by Gasteiger charge is 2.14. The molecule has 0 saturated carbocycles. The molecule has 0 nitrogen and oxygen atoms in total. The Hall–Kier alpha value is -2.86. The lowest BCUT2D eigenvalue weighted by atomic mass is 9.89. The Morgan fingerprint density at radius 3 is 2.52 bits per heavy atom.